The molecule has 0 aromatic heterocycles. The summed E-state index contributed by atoms with van der Waals surface area (Å²) in [4.78, 5) is 22.1. The third kappa shape index (κ3) is 1.63. The van der Waals surface area contributed by atoms with Crippen molar-refractivity contribution in [2.45, 2.75) is 6.04 Å². The van der Waals surface area contributed by atoms with E-state index in [9.17, 15) is 9.59 Å². The number of hydrogen-bond acceptors (Lipinski definition) is 2. The van der Waals surface area contributed by atoms with Crippen molar-refractivity contribution in [2.75, 3.05) is 0 Å². The van der Waals surface area contributed by atoms with Gasteiger partial charge in [0.1, 0.15) is 6.04 Å². The molecule has 1 heterocycles. The molecule has 0 aliphatic carbocycles. The summed E-state index contributed by atoms with van der Waals surface area (Å²) in [6.45, 7) is 0. The molecule has 1 aromatic carbocycles. The molecule has 1 aliphatic rings. The summed E-state index contributed by atoms with van der Waals surface area (Å²) in [6.07, 6.45) is 0. The molecule has 0 radical (unpaired) electrons. The Bertz CT molecular complexity index is 388. The van der Waals surface area contributed by atoms with Crippen LogP contribution in [0.15, 0.2) is 28.7 Å². The Hall–Kier alpha value is -1.36. The first-order valence-corrected chi connectivity index (χ1v) is 4.83. The maximum absolute atomic E-state index is 11.3. The number of carbonyl (C=O) groups excluding carboxylic acids is 2. The van der Waals surface area contributed by atoms with Gasteiger partial charge in [0, 0.05) is 4.47 Å². The van der Waals surface area contributed by atoms with Gasteiger partial charge in [0.2, 0.25) is 0 Å². The normalized spacial score (nSPS) is 20.5. The molecular weight excluding hydrogens is 248 g/mol. The fourth-order valence-electron chi connectivity index (χ4n) is 1.31. The van der Waals surface area contributed by atoms with Crippen molar-refractivity contribution in [3.63, 3.8) is 0 Å². The molecule has 2 N–H and O–H groups in total. The number of halogens is 1. The van der Waals surface area contributed by atoms with Crippen LogP contribution in [0.3, 0.4) is 0 Å². The van der Waals surface area contributed by atoms with Gasteiger partial charge in [-0.3, -0.25) is 10.1 Å². The topological polar surface area (TPSA) is 58.2 Å². The van der Waals surface area contributed by atoms with E-state index in [0.717, 1.165) is 10.0 Å². The van der Waals surface area contributed by atoms with E-state index in [1.807, 2.05) is 12.1 Å². The van der Waals surface area contributed by atoms with Crippen LogP contribution in [0.1, 0.15) is 11.6 Å². The molecule has 1 atom stereocenters. The fraction of sp³-hybridized carbons (Fsp3) is 0.111. The van der Waals surface area contributed by atoms with E-state index in [0.29, 0.717) is 0 Å². The Labute approximate surface area is 88.8 Å². The van der Waals surface area contributed by atoms with Gasteiger partial charge in [-0.1, -0.05) is 28.1 Å². The second-order valence-electron chi connectivity index (χ2n) is 2.95. The predicted octanol–water partition coefficient (Wildman–Crippen LogP) is 1.33. The first-order chi connectivity index (χ1) is 6.66. The zero-order chi connectivity index (χ0) is 10.1. The molecule has 72 valence electrons. The Morgan fingerprint density at radius 1 is 1.14 bits per heavy atom. The summed E-state index contributed by atoms with van der Waals surface area (Å²) in [7, 11) is 0. The summed E-state index contributed by atoms with van der Waals surface area (Å²) in [5.41, 5.74) is 0.775. The number of nitrogens with one attached hydrogen (secondary N) is 2. The summed E-state index contributed by atoms with van der Waals surface area (Å²) < 4.78 is 0.936. The van der Waals surface area contributed by atoms with Crippen LogP contribution in [0.5, 0.6) is 0 Å². The molecule has 1 unspecified atom stereocenters. The molecule has 1 fully saturated rings. The largest absolute Gasteiger partial charge is 0.322 e. The molecule has 5 heteroatoms. The minimum atomic E-state index is -0.560. The van der Waals surface area contributed by atoms with Gasteiger partial charge in [-0.05, 0) is 17.7 Å². The van der Waals surface area contributed by atoms with E-state index in [1.165, 1.54) is 0 Å². The standard InChI is InChI=1S/C9H7BrN2O2/c10-6-3-1-5(2-4-6)7-8(13)12-9(14)11-7/h1-4,7H,(H2,11,12,13,14). The van der Waals surface area contributed by atoms with E-state index in [2.05, 4.69) is 26.6 Å². The number of carbonyl (C=O) groups is 2. The number of hydrogen-bond donors (Lipinski definition) is 2. The van der Waals surface area contributed by atoms with Gasteiger partial charge in [0.15, 0.2) is 0 Å². The monoisotopic (exact) mass is 254 g/mol. The Kier molecular flexibility index (Phi) is 2.25. The molecule has 3 amide bonds. The highest BCUT2D eigenvalue weighted by Crippen LogP contribution is 2.19. The third-order valence-electron chi connectivity index (χ3n) is 1.98. The predicted molar refractivity (Wildman–Crippen MR) is 53.6 cm³/mol. The van der Waals surface area contributed by atoms with Crippen molar-refractivity contribution >= 4 is 27.9 Å². The fourth-order valence-corrected chi connectivity index (χ4v) is 1.57. The average molecular weight is 255 g/mol. The molecule has 4 nitrogen and oxygen atoms in total. The van der Waals surface area contributed by atoms with Crippen LogP contribution >= 0.6 is 15.9 Å². The van der Waals surface area contributed by atoms with Gasteiger partial charge in [-0.15, -0.1) is 0 Å². The molecule has 0 spiro atoms. The van der Waals surface area contributed by atoms with Crippen LogP contribution in [-0.4, -0.2) is 11.9 Å². The molecule has 0 bridgehead atoms. The van der Waals surface area contributed by atoms with Crippen LogP contribution in [0, 0.1) is 0 Å². The average Bonchev–Trinajstić information content (AvgIpc) is 2.47. The lowest BCUT2D eigenvalue weighted by molar-refractivity contribution is -0.120. The second-order valence-corrected chi connectivity index (χ2v) is 3.86. The number of rotatable bonds is 1. The van der Waals surface area contributed by atoms with E-state index in [-0.39, 0.29) is 5.91 Å². The lowest BCUT2D eigenvalue weighted by atomic mass is 10.1. The minimum absolute atomic E-state index is 0.308. The van der Waals surface area contributed by atoms with Gasteiger partial charge in [0.25, 0.3) is 5.91 Å². The van der Waals surface area contributed by atoms with E-state index >= 15 is 0 Å². The summed E-state index contributed by atoms with van der Waals surface area (Å²) in [6, 6.07) is 6.23. The number of imide groups is 1. The van der Waals surface area contributed by atoms with Crippen LogP contribution in [-0.2, 0) is 4.79 Å². The van der Waals surface area contributed by atoms with Gasteiger partial charge >= 0.3 is 6.03 Å². The first-order valence-electron chi connectivity index (χ1n) is 4.03. The minimum Gasteiger partial charge on any atom is -0.322 e. The summed E-state index contributed by atoms with van der Waals surface area (Å²) in [5.74, 6) is -0.308. The SMILES string of the molecule is O=C1NC(=O)C(c2ccc(Br)cc2)N1. The zero-order valence-corrected chi connectivity index (χ0v) is 8.67. The zero-order valence-electron chi connectivity index (χ0n) is 7.08. The Morgan fingerprint density at radius 3 is 2.29 bits per heavy atom. The smallest absolute Gasteiger partial charge is 0.322 e. The van der Waals surface area contributed by atoms with Crippen molar-refractivity contribution in [3.8, 4) is 0 Å². The third-order valence-corrected chi connectivity index (χ3v) is 2.51. The van der Waals surface area contributed by atoms with Crippen LogP contribution in [0.2, 0.25) is 0 Å². The second kappa shape index (κ2) is 3.42. The molecule has 1 aromatic rings. The molecule has 1 aliphatic heterocycles. The maximum Gasteiger partial charge on any atom is 0.322 e. The Balaban J connectivity index is 2.27. The maximum atomic E-state index is 11.3. The summed E-state index contributed by atoms with van der Waals surface area (Å²) >= 11 is 3.29. The van der Waals surface area contributed by atoms with Crippen LogP contribution in [0.4, 0.5) is 4.79 Å². The molecule has 1 saturated heterocycles. The van der Waals surface area contributed by atoms with Crippen molar-refractivity contribution < 1.29 is 9.59 Å². The molecule has 2 rings (SSSR count). The number of amides is 3. The van der Waals surface area contributed by atoms with Crippen molar-refractivity contribution in [2.24, 2.45) is 0 Å². The molecular formula is C9H7BrN2O2. The quantitative estimate of drug-likeness (QED) is 0.744. The number of urea groups is 1. The first kappa shape index (κ1) is 9.21. The van der Waals surface area contributed by atoms with Crippen LogP contribution < -0.4 is 10.6 Å². The van der Waals surface area contributed by atoms with Crippen molar-refractivity contribution in [1.29, 1.82) is 0 Å². The highest BCUT2D eigenvalue weighted by Gasteiger charge is 2.30. The highest BCUT2D eigenvalue weighted by molar-refractivity contribution is 9.10. The van der Waals surface area contributed by atoms with Crippen molar-refractivity contribution in [3.05, 3.63) is 34.3 Å². The number of benzene rings is 1. The van der Waals surface area contributed by atoms with Crippen molar-refractivity contribution in [1.82, 2.24) is 10.6 Å². The Morgan fingerprint density at radius 2 is 1.79 bits per heavy atom. The van der Waals surface area contributed by atoms with Gasteiger partial charge < -0.3 is 5.32 Å². The lowest BCUT2D eigenvalue weighted by Gasteiger charge is -2.06. The molecule has 14 heavy (non-hydrogen) atoms. The van der Waals surface area contributed by atoms with Crippen LogP contribution in [0.25, 0.3) is 0 Å². The summed E-state index contributed by atoms with van der Waals surface area (Å²) in [5, 5.41) is 4.70. The van der Waals surface area contributed by atoms with E-state index < -0.39 is 12.1 Å². The van der Waals surface area contributed by atoms with E-state index in [1.54, 1.807) is 12.1 Å². The highest BCUT2D eigenvalue weighted by atomic mass is 79.9. The van der Waals surface area contributed by atoms with Gasteiger partial charge in [-0.2, -0.15) is 0 Å². The van der Waals surface area contributed by atoms with Gasteiger partial charge in [0.05, 0.1) is 0 Å². The lowest BCUT2D eigenvalue weighted by Crippen LogP contribution is -2.22. The van der Waals surface area contributed by atoms with E-state index in [4.69, 9.17) is 0 Å². The van der Waals surface area contributed by atoms with Gasteiger partial charge in [-0.25, -0.2) is 4.79 Å². The molecule has 0 saturated carbocycles.